The van der Waals surface area contributed by atoms with Gasteiger partial charge in [0.05, 0.1) is 13.7 Å². The number of ether oxygens (including phenoxy) is 1. The molecule has 0 aliphatic carbocycles. The van der Waals surface area contributed by atoms with Crippen LogP contribution in [0.5, 0.6) is 0 Å². The molecule has 9 heteroatoms. The maximum atomic E-state index is 11.3. The van der Waals surface area contributed by atoms with Crippen LogP contribution in [0.1, 0.15) is 6.42 Å². The number of hydrogen-bond donors (Lipinski definition) is 2. The van der Waals surface area contributed by atoms with E-state index in [9.17, 15) is 4.79 Å². The summed E-state index contributed by atoms with van der Waals surface area (Å²) in [4.78, 5) is 24.4. The molecule has 1 aliphatic heterocycles. The van der Waals surface area contributed by atoms with Crippen LogP contribution in [0.15, 0.2) is 36.7 Å². The van der Waals surface area contributed by atoms with Gasteiger partial charge in [0.25, 0.3) is 0 Å². The quantitative estimate of drug-likeness (QED) is 0.474. The average Bonchev–Trinajstić information content (AvgIpc) is 2.72. The lowest BCUT2D eigenvalue weighted by Gasteiger charge is -2.33. The number of nitrogens with one attached hydrogen (secondary N) is 2. The number of aromatic nitrogens is 2. The largest absolute Gasteiger partial charge is 0.468 e. The van der Waals surface area contributed by atoms with Crippen LogP contribution in [0.25, 0.3) is 0 Å². The molecule has 29 heavy (non-hydrogen) atoms. The van der Waals surface area contributed by atoms with Gasteiger partial charge in [-0.15, -0.1) is 0 Å². The van der Waals surface area contributed by atoms with Gasteiger partial charge in [-0.2, -0.15) is 0 Å². The Morgan fingerprint density at radius 2 is 1.90 bits per heavy atom. The summed E-state index contributed by atoms with van der Waals surface area (Å²) in [5, 5.41) is 7.25. The van der Waals surface area contributed by atoms with Crippen molar-refractivity contribution in [1.29, 1.82) is 0 Å². The normalized spacial score (nSPS) is 15.1. The first kappa shape index (κ1) is 21.3. The monoisotopic (exact) mass is 418 g/mol. The number of anilines is 3. The van der Waals surface area contributed by atoms with Crippen LogP contribution < -0.4 is 10.6 Å². The van der Waals surface area contributed by atoms with E-state index in [0.717, 1.165) is 57.2 Å². The number of carbonyl (C=O) groups excluding carboxylic acids is 1. The molecule has 2 heterocycles. The molecular formula is C20H27ClN6O2. The van der Waals surface area contributed by atoms with Crippen molar-refractivity contribution in [2.45, 2.75) is 6.42 Å². The van der Waals surface area contributed by atoms with Crippen molar-refractivity contribution < 1.29 is 9.53 Å². The lowest BCUT2D eigenvalue weighted by molar-refractivity contribution is -0.142. The smallest absolute Gasteiger partial charge is 0.319 e. The van der Waals surface area contributed by atoms with Crippen LogP contribution in [0.4, 0.5) is 17.3 Å². The molecule has 1 fully saturated rings. The molecule has 1 aromatic carbocycles. The Hall–Kier alpha value is -2.42. The Morgan fingerprint density at radius 3 is 2.66 bits per heavy atom. The molecule has 156 valence electrons. The zero-order valence-corrected chi connectivity index (χ0v) is 17.4. The Balaban J connectivity index is 1.36. The van der Waals surface area contributed by atoms with Crippen molar-refractivity contribution in [3.8, 4) is 0 Å². The summed E-state index contributed by atoms with van der Waals surface area (Å²) in [5.41, 5.74) is 0.883. The second-order valence-electron chi connectivity index (χ2n) is 6.90. The highest BCUT2D eigenvalue weighted by Gasteiger charge is 2.18. The Bertz CT molecular complexity index is 798. The van der Waals surface area contributed by atoms with Crippen LogP contribution >= 0.6 is 11.6 Å². The van der Waals surface area contributed by atoms with Crippen molar-refractivity contribution in [3.05, 3.63) is 41.7 Å². The fraction of sp³-hybridized carbons (Fsp3) is 0.450. The first-order chi connectivity index (χ1) is 14.1. The van der Waals surface area contributed by atoms with Gasteiger partial charge in [-0.25, -0.2) is 9.97 Å². The van der Waals surface area contributed by atoms with Crippen LogP contribution in [0.2, 0.25) is 5.02 Å². The number of nitrogens with zero attached hydrogens (tertiary/aromatic N) is 4. The highest BCUT2D eigenvalue weighted by Crippen LogP contribution is 2.19. The van der Waals surface area contributed by atoms with Gasteiger partial charge in [0.15, 0.2) is 0 Å². The van der Waals surface area contributed by atoms with Gasteiger partial charge in [0, 0.05) is 49.5 Å². The second kappa shape index (κ2) is 10.9. The van der Waals surface area contributed by atoms with Crippen LogP contribution in [-0.4, -0.2) is 78.7 Å². The van der Waals surface area contributed by atoms with E-state index in [1.165, 1.54) is 13.4 Å². The number of halogens is 1. The molecular weight excluding hydrogens is 392 g/mol. The van der Waals surface area contributed by atoms with E-state index in [4.69, 9.17) is 16.3 Å². The Morgan fingerprint density at radius 1 is 1.14 bits per heavy atom. The van der Waals surface area contributed by atoms with E-state index in [2.05, 4.69) is 30.4 Å². The number of hydrogen-bond acceptors (Lipinski definition) is 8. The van der Waals surface area contributed by atoms with Crippen molar-refractivity contribution in [2.24, 2.45) is 0 Å². The Labute approximate surface area is 176 Å². The van der Waals surface area contributed by atoms with Crippen molar-refractivity contribution in [1.82, 2.24) is 19.8 Å². The van der Waals surface area contributed by atoms with Gasteiger partial charge >= 0.3 is 5.97 Å². The van der Waals surface area contributed by atoms with Crippen LogP contribution in [0.3, 0.4) is 0 Å². The standard InChI is InChI=1S/C20H27ClN6O2/c1-29-20(28)14-27-10-8-26(9-11-27)7-3-6-22-18-13-19(24-15-23-18)25-17-5-2-4-16(21)12-17/h2,4-5,12-13,15H,3,6-11,14H2,1H3,(H2,22,23,24,25). The van der Waals surface area contributed by atoms with Crippen molar-refractivity contribution >= 4 is 34.9 Å². The minimum atomic E-state index is -0.170. The third-order valence-electron chi connectivity index (χ3n) is 4.77. The molecule has 0 atom stereocenters. The molecule has 1 saturated heterocycles. The summed E-state index contributed by atoms with van der Waals surface area (Å²) < 4.78 is 4.72. The number of esters is 1. The molecule has 2 N–H and O–H groups in total. The van der Waals surface area contributed by atoms with Gasteiger partial charge in [-0.05, 0) is 31.2 Å². The molecule has 0 spiro atoms. The van der Waals surface area contributed by atoms with Gasteiger partial charge in [0.1, 0.15) is 18.0 Å². The van der Waals surface area contributed by atoms with Crippen molar-refractivity contribution in [2.75, 3.05) is 63.6 Å². The zero-order chi connectivity index (χ0) is 20.5. The SMILES string of the molecule is COC(=O)CN1CCN(CCCNc2cc(Nc3cccc(Cl)c3)ncn2)CC1. The average molecular weight is 419 g/mol. The van der Waals surface area contributed by atoms with E-state index in [1.807, 2.05) is 30.3 Å². The fourth-order valence-electron chi connectivity index (χ4n) is 3.17. The summed E-state index contributed by atoms with van der Waals surface area (Å²) >= 11 is 6.02. The van der Waals surface area contributed by atoms with E-state index in [1.54, 1.807) is 0 Å². The molecule has 2 aromatic rings. The molecule has 0 bridgehead atoms. The maximum Gasteiger partial charge on any atom is 0.319 e. The van der Waals surface area contributed by atoms with Gasteiger partial charge in [0.2, 0.25) is 0 Å². The van der Waals surface area contributed by atoms with Gasteiger partial charge < -0.3 is 20.3 Å². The number of methoxy groups -OCH3 is 1. The van der Waals surface area contributed by atoms with Crippen LogP contribution in [-0.2, 0) is 9.53 Å². The zero-order valence-electron chi connectivity index (χ0n) is 16.6. The van der Waals surface area contributed by atoms with E-state index >= 15 is 0 Å². The molecule has 3 rings (SSSR count). The topological polar surface area (TPSA) is 82.6 Å². The predicted octanol–water partition coefficient (Wildman–Crippen LogP) is 2.47. The summed E-state index contributed by atoms with van der Waals surface area (Å²) in [6, 6.07) is 9.39. The predicted molar refractivity (Wildman–Crippen MR) is 115 cm³/mol. The highest BCUT2D eigenvalue weighted by atomic mass is 35.5. The van der Waals surface area contributed by atoms with E-state index < -0.39 is 0 Å². The number of carbonyl (C=O) groups is 1. The molecule has 0 saturated carbocycles. The fourth-order valence-corrected chi connectivity index (χ4v) is 3.36. The summed E-state index contributed by atoms with van der Waals surface area (Å²) in [6.07, 6.45) is 2.55. The van der Waals surface area contributed by atoms with Gasteiger partial charge in [-0.1, -0.05) is 17.7 Å². The molecule has 8 nitrogen and oxygen atoms in total. The number of rotatable bonds is 9. The summed E-state index contributed by atoms with van der Waals surface area (Å²) in [7, 11) is 1.43. The molecule has 1 aromatic heterocycles. The van der Waals surface area contributed by atoms with E-state index in [0.29, 0.717) is 17.4 Å². The summed E-state index contributed by atoms with van der Waals surface area (Å²) in [5.74, 6) is 1.33. The molecule has 0 unspecified atom stereocenters. The number of piperazine rings is 1. The maximum absolute atomic E-state index is 11.3. The first-order valence-electron chi connectivity index (χ1n) is 9.72. The van der Waals surface area contributed by atoms with Crippen molar-refractivity contribution in [3.63, 3.8) is 0 Å². The number of benzene rings is 1. The first-order valence-corrected chi connectivity index (χ1v) is 10.1. The van der Waals surface area contributed by atoms with E-state index in [-0.39, 0.29) is 5.97 Å². The molecule has 1 aliphatic rings. The molecule has 0 radical (unpaired) electrons. The van der Waals surface area contributed by atoms with Crippen LogP contribution in [0, 0.1) is 0 Å². The van der Waals surface area contributed by atoms with Gasteiger partial charge in [-0.3, -0.25) is 9.69 Å². The summed E-state index contributed by atoms with van der Waals surface area (Å²) in [6.45, 7) is 5.95. The third kappa shape index (κ3) is 7.16. The molecule has 0 amide bonds. The lowest BCUT2D eigenvalue weighted by Crippen LogP contribution is -2.48. The minimum Gasteiger partial charge on any atom is -0.468 e. The Kier molecular flexibility index (Phi) is 8.03. The second-order valence-corrected chi connectivity index (χ2v) is 7.33. The third-order valence-corrected chi connectivity index (χ3v) is 5.00. The lowest BCUT2D eigenvalue weighted by atomic mass is 10.3. The minimum absolute atomic E-state index is 0.170. The highest BCUT2D eigenvalue weighted by molar-refractivity contribution is 6.30.